The van der Waals surface area contributed by atoms with Gasteiger partial charge in [0.2, 0.25) is 0 Å². The molecule has 2 rings (SSSR count). The highest BCUT2D eigenvalue weighted by Gasteiger charge is 2.20. The molecule has 1 aliphatic heterocycles. The Kier molecular flexibility index (Phi) is 6.67. The third-order valence-corrected chi connectivity index (χ3v) is 4.31. The molecular formula is C16H25BrN4O. The van der Waals surface area contributed by atoms with E-state index in [1.165, 1.54) is 6.42 Å². The van der Waals surface area contributed by atoms with Crippen LogP contribution in [0.15, 0.2) is 28.7 Å². The van der Waals surface area contributed by atoms with Crippen molar-refractivity contribution in [2.24, 2.45) is 0 Å². The van der Waals surface area contributed by atoms with E-state index in [2.05, 4.69) is 45.1 Å². The maximum Gasteiger partial charge on any atom is 0.321 e. The highest BCUT2D eigenvalue weighted by molar-refractivity contribution is 9.10. The number of benzene rings is 1. The van der Waals surface area contributed by atoms with Crippen molar-refractivity contribution in [3.8, 4) is 0 Å². The van der Waals surface area contributed by atoms with Crippen LogP contribution in [-0.2, 0) is 0 Å². The molecule has 1 saturated heterocycles. The first kappa shape index (κ1) is 17.2. The molecule has 0 saturated carbocycles. The number of amides is 2. The van der Waals surface area contributed by atoms with Crippen molar-refractivity contribution in [2.75, 3.05) is 58.7 Å². The molecule has 1 aromatic rings. The van der Waals surface area contributed by atoms with Gasteiger partial charge in [-0.2, -0.15) is 0 Å². The number of carbonyl (C=O) groups is 1. The number of nitrogens with zero attached hydrogens (tertiary/aromatic N) is 3. The van der Waals surface area contributed by atoms with Crippen LogP contribution in [0.1, 0.15) is 6.42 Å². The largest absolute Gasteiger partial charge is 0.322 e. The smallest absolute Gasteiger partial charge is 0.321 e. The third kappa shape index (κ3) is 5.59. The van der Waals surface area contributed by atoms with Crippen LogP contribution >= 0.6 is 15.9 Å². The number of carbonyl (C=O) groups excluding carboxylic acids is 1. The van der Waals surface area contributed by atoms with Gasteiger partial charge in [-0.25, -0.2) is 4.79 Å². The molecule has 122 valence electrons. The first-order valence-electron chi connectivity index (χ1n) is 7.73. The van der Waals surface area contributed by atoms with Gasteiger partial charge < -0.3 is 15.1 Å². The minimum atomic E-state index is -0.00829. The van der Waals surface area contributed by atoms with Gasteiger partial charge in [-0.05, 0) is 51.8 Å². The highest BCUT2D eigenvalue weighted by Crippen LogP contribution is 2.16. The van der Waals surface area contributed by atoms with Gasteiger partial charge in [0.15, 0.2) is 0 Å². The Hall–Kier alpha value is -1.11. The van der Waals surface area contributed by atoms with Crippen molar-refractivity contribution in [3.05, 3.63) is 28.7 Å². The van der Waals surface area contributed by atoms with Crippen molar-refractivity contribution in [1.29, 1.82) is 0 Å². The molecule has 22 heavy (non-hydrogen) atoms. The number of halogens is 1. The van der Waals surface area contributed by atoms with Gasteiger partial charge >= 0.3 is 6.03 Å². The molecule has 1 fully saturated rings. The van der Waals surface area contributed by atoms with Gasteiger partial charge in [0.25, 0.3) is 0 Å². The number of hydrogen-bond acceptors (Lipinski definition) is 3. The minimum absolute atomic E-state index is 0.00829. The Morgan fingerprint density at radius 1 is 1.27 bits per heavy atom. The lowest BCUT2D eigenvalue weighted by Crippen LogP contribution is -2.50. The van der Waals surface area contributed by atoms with Crippen molar-refractivity contribution in [3.63, 3.8) is 0 Å². The molecule has 0 aliphatic carbocycles. The van der Waals surface area contributed by atoms with Crippen molar-refractivity contribution < 1.29 is 4.79 Å². The fourth-order valence-electron chi connectivity index (χ4n) is 2.55. The summed E-state index contributed by atoms with van der Waals surface area (Å²) < 4.78 is 0.969. The van der Waals surface area contributed by atoms with Crippen LogP contribution in [0.4, 0.5) is 10.5 Å². The van der Waals surface area contributed by atoms with Crippen LogP contribution in [0.3, 0.4) is 0 Å². The normalized spacial score (nSPS) is 16.1. The summed E-state index contributed by atoms with van der Waals surface area (Å²) in [5.74, 6) is 0. The molecule has 0 aromatic heterocycles. The summed E-state index contributed by atoms with van der Waals surface area (Å²) in [6, 6.07) is 7.67. The number of piperazine rings is 1. The first-order valence-corrected chi connectivity index (χ1v) is 8.52. The molecule has 0 bridgehead atoms. The van der Waals surface area contributed by atoms with Gasteiger partial charge in [0.05, 0.1) is 0 Å². The molecule has 5 nitrogen and oxygen atoms in total. The van der Waals surface area contributed by atoms with Crippen LogP contribution in [0.5, 0.6) is 0 Å². The van der Waals surface area contributed by atoms with Crippen molar-refractivity contribution in [1.82, 2.24) is 14.7 Å². The lowest BCUT2D eigenvalue weighted by Gasteiger charge is -2.34. The summed E-state index contributed by atoms with van der Waals surface area (Å²) in [4.78, 5) is 18.8. The predicted octanol–water partition coefficient (Wildman–Crippen LogP) is 2.55. The summed E-state index contributed by atoms with van der Waals surface area (Å²) in [5, 5.41) is 2.96. The molecule has 1 aliphatic rings. The lowest BCUT2D eigenvalue weighted by molar-refractivity contribution is 0.144. The molecule has 0 atom stereocenters. The molecule has 0 unspecified atom stereocenters. The van der Waals surface area contributed by atoms with E-state index < -0.39 is 0 Å². The second-order valence-corrected chi connectivity index (χ2v) is 6.84. The first-order chi connectivity index (χ1) is 10.5. The van der Waals surface area contributed by atoms with E-state index in [1.807, 2.05) is 29.2 Å². The van der Waals surface area contributed by atoms with Crippen LogP contribution < -0.4 is 5.32 Å². The molecule has 1 heterocycles. The average molecular weight is 369 g/mol. The quantitative estimate of drug-likeness (QED) is 0.867. The minimum Gasteiger partial charge on any atom is -0.322 e. The number of rotatable bonds is 5. The number of urea groups is 1. The molecular weight excluding hydrogens is 344 g/mol. The lowest BCUT2D eigenvalue weighted by atomic mass is 10.3. The Bertz CT molecular complexity index is 487. The monoisotopic (exact) mass is 368 g/mol. The van der Waals surface area contributed by atoms with E-state index in [4.69, 9.17) is 0 Å². The summed E-state index contributed by atoms with van der Waals surface area (Å²) in [7, 11) is 4.20. The Morgan fingerprint density at radius 2 is 2.00 bits per heavy atom. The SMILES string of the molecule is CN(C)CCCN1CCN(C(=O)Nc2cccc(Br)c2)CC1. The summed E-state index contributed by atoms with van der Waals surface area (Å²) in [5.41, 5.74) is 0.827. The Labute approximate surface area is 141 Å². The molecule has 0 radical (unpaired) electrons. The van der Waals surface area contributed by atoms with Gasteiger partial charge in [0, 0.05) is 36.3 Å². The maximum absolute atomic E-state index is 12.3. The van der Waals surface area contributed by atoms with E-state index in [-0.39, 0.29) is 6.03 Å². The highest BCUT2D eigenvalue weighted by atomic mass is 79.9. The molecule has 0 spiro atoms. The van der Waals surface area contributed by atoms with Crippen molar-refractivity contribution in [2.45, 2.75) is 6.42 Å². The topological polar surface area (TPSA) is 38.8 Å². The van der Waals surface area contributed by atoms with E-state index in [0.717, 1.165) is 49.4 Å². The fraction of sp³-hybridized carbons (Fsp3) is 0.562. The van der Waals surface area contributed by atoms with E-state index in [0.29, 0.717) is 0 Å². The standard InChI is InChI=1S/C16H25BrN4O/c1-19(2)7-4-8-20-9-11-21(12-10-20)16(22)18-15-6-3-5-14(17)13-15/h3,5-6,13H,4,7-12H2,1-2H3,(H,18,22). The number of nitrogens with one attached hydrogen (secondary N) is 1. The van der Waals surface area contributed by atoms with Gasteiger partial charge in [-0.3, -0.25) is 4.90 Å². The predicted molar refractivity (Wildman–Crippen MR) is 94.3 cm³/mol. The fourth-order valence-corrected chi connectivity index (χ4v) is 2.95. The van der Waals surface area contributed by atoms with Gasteiger partial charge in [0.1, 0.15) is 0 Å². The van der Waals surface area contributed by atoms with E-state index >= 15 is 0 Å². The second-order valence-electron chi connectivity index (χ2n) is 5.93. The second kappa shape index (κ2) is 8.50. The van der Waals surface area contributed by atoms with Gasteiger partial charge in [-0.15, -0.1) is 0 Å². The number of hydrogen-bond donors (Lipinski definition) is 1. The molecule has 6 heteroatoms. The molecule has 2 amide bonds. The zero-order valence-corrected chi connectivity index (χ0v) is 15.0. The summed E-state index contributed by atoms with van der Waals surface area (Å²) >= 11 is 3.42. The van der Waals surface area contributed by atoms with Crippen LogP contribution in [-0.4, -0.2) is 74.1 Å². The van der Waals surface area contributed by atoms with Crippen molar-refractivity contribution >= 4 is 27.6 Å². The summed E-state index contributed by atoms with van der Waals surface area (Å²) in [6.45, 7) is 5.73. The third-order valence-electron chi connectivity index (χ3n) is 3.82. The van der Waals surface area contributed by atoms with Crippen LogP contribution in [0, 0.1) is 0 Å². The van der Waals surface area contributed by atoms with E-state index in [9.17, 15) is 4.79 Å². The summed E-state index contributed by atoms with van der Waals surface area (Å²) in [6.07, 6.45) is 1.18. The zero-order chi connectivity index (χ0) is 15.9. The molecule has 1 aromatic carbocycles. The van der Waals surface area contributed by atoms with E-state index in [1.54, 1.807) is 0 Å². The number of anilines is 1. The van der Waals surface area contributed by atoms with Crippen LogP contribution in [0.2, 0.25) is 0 Å². The Morgan fingerprint density at radius 3 is 2.64 bits per heavy atom. The van der Waals surface area contributed by atoms with Gasteiger partial charge in [-0.1, -0.05) is 22.0 Å². The zero-order valence-electron chi connectivity index (χ0n) is 13.4. The maximum atomic E-state index is 12.3. The molecule has 1 N–H and O–H groups in total. The Balaban J connectivity index is 1.73. The average Bonchev–Trinajstić information content (AvgIpc) is 2.47. The van der Waals surface area contributed by atoms with Crippen LogP contribution in [0.25, 0.3) is 0 Å².